The number of aromatic nitrogens is 3. The van der Waals surface area contributed by atoms with Crippen LogP contribution in [0.15, 0.2) is 95.6 Å². The number of benzene rings is 3. The molecule has 7 nitrogen and oxygen atoms in total. The first-order valence-corrected chi connectivity index (χ1v) is 14.8. The Hall–Kier alpha value is -4.01. The molecule has 1 amide bonds. The molecule has 2 aromatic heterocycles. The summed E-state index contributed by atoms with van der Waals surface area (Å²) in [5, 5.41) is 18.6. The van der Waals surface area contributed by atoms with Gasteiger partial charge in [-0.1, -0.05) is 84.9 Å². The highest BCUT2D eigenvalue weighted by molar-refractivity contribution is 9.10. The minimum absolute atomic E-state index is 0.392. The Kier molecular flexibility index (Phi) is 6.94. The second kappa shape index (κ2) is 10.4. The highest BCUT2D eigenvalue weighted by atomic mass is 79.9. The number of hydrogen-bond acceptors (Lipinski definition) is 5. The Morgan fingerprint density at radius 2 is 1.48 bits per heavy atom. The fourth-order valence-corrected chi connectivity index (χ4v) is 6.41. The number of aliphatic hydroxyl groups is 1. The molecule has 1 fully saturated rings. The third-order valence-corrected chi connectivity index (χ3v) is 8.23. The second-order valence-electron chi connectivity index (χ2n) is 12.3. The molecular formula is C34H33BrN4O3. The highest BCUT2D eigenvalue weighted by Gasteiger charge is 2.53. The van der Waals surface area contributed by atoms with Gasteiger partial charge >= 0.3 is 6.09 Å². The minimum Gasteiger partial charge on any atom is -0.444 e. The predicted octanol–water partition coefficient (Wildman–Crippen LogP) is 7.76. The molecule has 0 radical (unpaired) electrons. The molecule has 2 N–H and O–H groups in total. The number of amides is 1. The summed E-state index contributed by atoms with van der Waals surface area (Å²) in [6.45, 7) is 7.29. The number of rotatable bonds is 5. The molecule has 0 aliphatic heterocycles. The first-order chi connectivity index (χ1) is 19.9. The Morgan fingerprint density at radius 3 is 2.05 bits per heavy atom. The monoisotopic (exact) mass is 624 g/mol. The van der Waals surface area contributed by atoms with Crippen LogP contribution in [0, 0.1) is 0 Å². The third-order valence-electron chi connectivity index (χ3n) is 7.50. The van der Waals surface area contributed by atoms with Crippen molar-refractivity contribution in [3.8, 4) is 33.6 Å². The zero-order valence-corrected chi connectivity index (χ0v) is 25.6. The van der Waals surface area contributed by atoms with E-state index in [1.807, 2.05) is 104 Å². The van der Waals surface area contributed by atoms with Gasteiger partial charge in [0.25, 0.3) is 0 Å². The Balaban J connectivity index is 1.42. The molecule has 0 spiro atoms. The summed E-state index contributed by atoms with van der Waals surface area (Å²) >= 11 is 3.76. The molecule has 1 saturated carbocycles. The average Bonchev–Trinajstić information content (AvgIpc) is 3.26. The van der Waals surface area contributed by atoms with Crippen LogP contribution in [0.5, 0.6) is 0 Å². The van der Waals surface area contributed by atoms with E-state index in [2.05, 4.69) is 33.4 Å². The number of ether oxygens (including phenoxy) is 1. The molecule has 1 aliphatic rings. The fourth-order valence-electron chi connectivity index (χ4n) is 5.83. The predicted molar refractivity (Wildman–Crippen MR) is 168 cm³/mol. The maximum absolute atomic E-state index is 12.8. The summed E-state index contributed by atoms with van der Waals surface area (Å²) in [7, 11) is 0. The van der Waals surface area contributed by atoms with Crippen LogP contribution in [0.3, 0.4) is 0 Å². The van der Waals surface area contributed by atoms with Crippen LogP contribution in [-0.4, -0.2) is 37.0 Å². The van der Waals surface area contributed by atoms with Crippen molar-refractivity contribution in [2.75, 3.05) is 0 Å². The van der Waals surface area contributed by atoms with Crippen molar-refractivity contribution in [1.29, 1.82) is 0 Å². The number of nitrogens with zero attached hydrogens (tertiary/aromatic N) is 3. The van der Waals surface area contributed by atoms with Crippen molar-refractivity contribution in [2.45, 2.75) is 57.3 Å². The molecule has 0 atom stereocenters. The van der Waals surface area contributed by atoms with Crippen LogP contribution in [0.4, 0.5) is 4.79 Å². The standard InChI is InChI=1S/C34H33BrN4O3/c1-32(2,3)42-31(40)37-34(20-33(4,41)21-34)25-17-15-24(16-18-25)28-26(22-11-7-5-8-12-22)19-39-30(36-28)27(35)29(38-39)23-13-9-6-10-14-23/h5-19,41H,20-21H2,1-4H3,(H,37,40)/t33-,34-. The summed E-state index contributed by atoms with van der Waals surface area (Å²) < 4.78 is 8.19. The summed E-state index contributed by atoms with van der Waals surface area (Å²) in [5.41, 5.74) is 4.94. The van der Waals surface area contributed by atoms with Gasteiger partial charge < -0.3 is 15.2 Å². The van der Waals surface area contributed by atoms with Gasteiger partial charge in [-0.15, -0.1) is 0 Å². The molecule has 214 valence electrons. The van der Waals surface area contributed by atoms with Crippen LogP contribution in [0.25, 0.3) is 39.3 Å². The summed E-state index contributed by atoms with van der Waals surface area (Å²) in [4.78, 5) is 17.9. The van der Waals surface area contributed by atoms with Gasteiger partial charge in [0.05, 0.1) is 21.3 Å². The number of carbonyl (C=O) groups is 1. The maximum atomic E-state index is 12.8. The van der Waals surface area contributed by atoms with E-state index in [9.17, 15) is 9.90 Å². The van der Waals surface area contributed by atoms with Gasteiger partial charge in [0.2, 0.25) is 0 Å². The zero-order valence-electron chi connectivity index (χ0n) is 24.1. The lowest BCUT2D eigenvalue weighted by Gasteiger charge is -2.52. The van der Waals surface area contributed by atoms with Crippen molar-refractivity contribution < 1.29 is 14.6 Å². The Labute approximate surface area is 253 Å². The first kappa shape index (κ1) is 28.1. The van der Waals surface area contributed by atoms with E-state index in [-0.39, 0.29) is 0 Å². The number of halogens is 1. The largest absolute Gasteiger partial charge is 0.444 e. The highest BCUT2D eigenvalue weighted by Crippen LogP contribution is 2.49. The van der Waals surface area contributed by atoms with Gasteiger partial charge in [0.1, 0.15) is 11.3 Å². The third kappa shape index (κ3) is 5.44. The first-order valence-electron chi connectivity index (χ1n) is 14.0. The number of hydrogen-bond donors (Lipinski definition) is 2. The number of carbonyl (C=O) groups excluding carboxylic acids is 1. The lowest BCUT2D eigenvalue weighted by Crippen LogP contribution is -2.62. The van der Waals surface area contributed by atoms with Crippen LogP contribution in [0.1, 0.15) is 46.1 Å². The molecule has 2 heterocycles. The van der Waals surface area contributed by atoms with E-state index >= 15 is 0 Å². The van der Waals surface area contributed by atoms with Gasteiger partial charge in [-0.3, -0.25) is 0 Å². The summed E-state index contributed by atoms with van der Waals surface area (Å²) in [6.07, 6.45) is 2.30. The smallest absolute Gasteiger partial charge is 0.408 e. The van der Waals surface area contributed by atoms with Gasteiger partial charge in [-0.2, -0.15) is 5.10 Å². The Morgan fingerprint density at radius 1 is 0.905 bits per heavy atom. The van der Waals surface area contributed by atoms with E-state index in [0.717, 1.165) is 43.7 Å². The van der Waals surface area contributed by atoms with Crippen LogP contribution < -0.4 is 5.32 Å². The average molecular weight is 626 g/mol. The van der Waals surface area contributed by atoms with Crippen molar-refractivity contribution in [3.05, 3.63) is 101 Å². The SMILES string of the molecule is CC(C)(C)OC(=O)N[C@]1(c2ccc(-c3nc4c(Br)c(-c5ccccc5)nn4cc3-c3ccccc3)cc2)C[C@@](C)(O)C1. The van der Waals surface area contributed by atoms with Gasteiger partial charge in [-0.05, 0) is 54.8 Å². The quantitative estimate of drug-likeness (QED) is 0.209. The van der Waals surface area contributed by atoms with Crippen molar-refractivity contribution >= 4 is 27.7 Å². The molecule has 6 rings (SSSR count). The summed E-state index contributed by atoms with van der Waals surface area (Å²) in [5.74, 6) is 0. The molecule has 5 aromatic rings. The van der Waals surface area contributed by atoms with Crippen molar-refractivity contribution in [1.82, 2.24) is 19.9 Å². The number of alkyl carbamates (subject to hydrolysis) is 1. The van der Waals surface area contributed by atoms with Gasteiger partial charge in [0, 0.05) is 35.7 Å². The molecule has 0 saturated heterocycles. The van der Waals surface area contributed by atoms with Crippen molar-refractivity contribution in [3.63, 3.8) is 0 Å². The van der Waals surface area contributed by atoms with Crippen LogP contribution >= 0.6 is 15.9 Å². The van der Waals surface area contributed by atoms with E-state index in [1.165, 1.54) is 0 Å². The Bertz CT molecular complexity index is 1750. The van der Waals surface area contributed by atoms with Crippen LogP contribution in [0.2, 0.25) is 0 Å². The topological polar surface area (TPSA) is 88.8 Å². The minimum atomic E-state index is -0.870. The lowest BCUT2D eigenvalue weighted by molar-refractivity contribution is -0.0892. The zero-order chi connectivity index (χ0) is 29.7. The van der Waals surface area contributed by atoms with Crippen molar-refractivity contribution in [2.24, 2.45) is 0 Å². The molecular weight excluding hydrogens is 592 g/mol. The van der Waals surface area contributed by atoms with E-state index in [1.54, 1.807) is 6.92 Å². The molecule has 3 aromatic carbocycles. The molecule has 0 unspecified atom stereocenters. The number of fused-ring (bicyclic) bond motifs is 1. The molecule has 42 heavy (non-hydrogen) atoms. The second-order valence-corrected chi connectivity index (χ2v) is 13.1. The molecule has 0 bridgehead atoms. The normalized spacial score (nSPS) is 20.2. The molecule has 8 heteroatoms. The van der Waals surface area contributed by atoms with Gasteiger partial charge in [0.15, 0.2) is 5.65 Å². The van der Waals surface area contributed by atoms with E-state index in [0.29, 0.717) is 18.5 Å². The number of nitrogens with one attached hydrogen (secondary N) is 1. The fraction of sp³-hybridized carbons (Fsp3) is 0.265. The van der Waals surface area contributed by atoms with E-state index in [4.69, 9.17) is 14.8 Å². The lowest BCUT2D eigenvalue weighted by atomic mass is 9.62. The molecule has 1 aliphatic carbocycles. The van der Waals surface area contributed by atoms with Crippen LogP contribution in [-0.2, 0) is 10.3 Å². The maximum Gasteiger partial charge on any atom is 0.408 e. The van der Waals surface area contributed by atoms with Gasteiger partial charge in [-0.25, -0.2) is 14.3 Å². The van der Waals surface area contributed by atoms with E-state index < -0.39 is 22.8 Å². The summed E-state index contributed by atoms with van der Waals surface area (Å²) in [6, 6.07) is 28.2.